The maximum atomic E-state index is 13.7. The first-order valence-corrected chi connectivity index (χ1v) is 9.48. The van der Waals surface area contributed by atoms with E-state index < -0.39 is 0 Å². The molecule has 3 rings (SSSR count). The number of piperazine rings is 1. The van der Waals surface area contributed by atoms with Gasteiger partial charge in [-0.3, -0.25) is 0 Å². The SMILES string of the molecule is CC[C@@H](C)NC(=O)N1CCN(c2cc(-c3cc(F)ccc3OC)ncn2)CC1. The number of nitrogens with zero attached hydrogens (tertiary/aromatic N) is 4. The molecule has 0 aliphatic carbocycles. The van der Waals surface area contributed by atoms with E-state index in [1.807, 2.05) is 24.8 Å². The monoisotopic (exact) mass is 387 g/mol. The molecule has 1 atom stereocenters. The highest BCUT2D eigenvalue weighted by Gasteiger charge is 2.23. The lowest BCUT2D eigenvalue weighted by atomic mass is 10.1. The number of urea groups is 1. The maximum absolute atomic E-state index is 13.7. The van der Waals surface area contributed by atoms with Crippen molar-refractivity contribution >= 4 is 11.8 Å². The molecular weight excluding hydrogens is 361 g/mol. The molecule has 0 radical (unpaired) electrons. The number of anilines is 1. The molecule has 28 heavy (non-hydrogen) atoms. The molecule has 2 heterocycles. The summed E-state index contributed by atoms with van der Waals surface area (Å²) in [5, 5.41) is 3.00. The van der Waals surface area contributed by atoms with E-state index in [-0.39, 0.29) is 17.9 Å². The van der Waals surface area contributed by atoms with Gasteiger partial charge in [0.05, 0.1) is 12.8 Å². The van der Waals surface area contributed by atoms with Crippen molar-refractivity contribution in [2.45, 2.75) is 26.3 Å². The lowest BCUT2D eigenvalue weighted by Crippen LogP contribution is -2.53. The fourth-order valence-corrected chi connectivity index (χ4v) is 3.09. The van der Waals surface area contributed by atoms with Gasteiger partial charge in [0.2, 0.25) is 0 Å². The van der Waals surface area contributed by atoms with Crippen molar-refractivity contribution in [1.29, 1.82) is 0 Å². The van der Waals surface area contributed by atoms with Crippen molar-refractivity contribution in [3.63, 3.8) is 0 Å². The minimum Gasteiger partial charge on any atom is -0.496 e. The van der Waals surface area contributed by atoms with E-state index in [4.69, 9.17) is 4.74 Å². The van der Waals surface area contributed by atoms with E-state index >= 15 is 0 Å². The molecule has 1 fully saturated rings. The molecule has 7 nitrogen and oxygen atoms in total. The molecule has 8 heteroatoms. The number of carbonyl (C=O) groups is 1. The Hall–Kier alpha value is -2.90. The number of benzene rings is 1. The van der Waals surface area contributed by atoms with Crippen molar-refractivity contribution in [1.82, 2.24) is 20.2 Å². The highest BCUT2D eigenvalue weighted by molar-refractivity contribution is 5.75. The topological polar surface area (TPSA) is 70.6 Å². The fourth-order valence-electron chi connectivity index (χ4n) is 3.09. The lowest BCUT2D eigenvalue weighted by molar-refractivity contribution is 0.190. The Morgan fingerprint density at radius 3 is 2.68 bits per heavy atom. The van der Waals surface area contributed by atoms with Crippen molar-refractivity contribution in [2.24, 2.45) is 0 Å². The number of ether oxygens (including phenoxy) is 1. The third kappa shape index (κ3) is 4.49. The minimum absolute atomic E-state index is 0.0260. The van der Waals surface area contributed by atoms with Gasteiger partial charge in [-0.2, -0.15) is 0 Å². The molecule has 1 aliphatic rings. The summed E-state index contributed by atoms with van der Waals surface area (Å²) >= 11 is 0. The number of carbonyl (C=O) groups excluding carboxylic acids is 1. The Balaban J connectivity index is 1.71. The summed E-state index contributed by atoms with van der Waals surface area (Å²) in [5.74, 6) is 0.952. The molecule has 1 N–H and O–H groups in total. The number of aromatic nitrogens is 2. The second-order valence-corrected chi connectivity index (χ2v) is 6.84. The van der Waals surface area contributed by atoms with Gasteiger partial charge in [-0.05, 0) is 31.5 Å². The minimum atomic E-state index is -0.350. The van der Waals surface area contributed by atoms with Crippen LogP contribution in [0, 0.1) is 5.82 Å². The summed E-state index contributed by atoms with van der Waals surface area (Å²) in [7, 11) is 1.54. The molecule has 0 unspecified atom stereocenters. The Labute approximate surface area is 164 Å². The first kappa shape index (κ1) is 19.9. The third-order valence-corrected chi connectivity index (χ3v) is 4.96. The molecule has 0 saturated carbocycles. The number of nitrogens with one attached hydrogen (secondary N) is 1. The van der Waals surface area contributed by atoms with Gasteiger partial charge in [-0.15, -0.1) is 0 Å². The van der Waals surface area contributed by atoms with E-state index in [0.29, 0.717) is 43.2 Å². The van der Waals surface area contributed by atoms with E-state index in [0.717, 1.165) is 12.2 Å². The smallest absolute Gasteiger partial charge is 0.317 e. The van der Waals surface area contributed by atoms with E-state index in [2.05, 4.69) is 20.2 Å². The second-order valence-electron chi connectivity index (χ2n) is 6.84. The zero-order valence-corrected chi connectivity index (χ0v) is 16.5. The van der Waals surface area contributed by atoms with Crippen molar-refractivity contribution in [2.75, 3.05) is 38.2 Å². The van der Waals surface area contributed by atoms with Crippen LogP contribution in [0.5, 0.6) is 5.75 Å². The lowest BCUT2D eigenvalue weighted by Gasteiger charge is -2.35. The number of rotatable bonds is 5. The molecule has 1 saturated heterocycles. The highest BCUT2D eigenvalue weighted by Crippen LogP contribution is 2.30. The Bertz CT molecular complexity index is 824. The van der Waals surface area contributed by atoms with E-state index in [1.54, 1.807) is 13.2 Å². The van der Waals surface area contributed by atoms with Crippen LogP contribution in [0.1, 0.15) is 20.3 Å². The van der Waals surface area contributed by atoms with Gasteiger partial charge in [0.25, 0.3) is 0 Å². The number of hydrogen-bond donors (Lipinski definition) is 1. The molecule has 1 aromatic carbocycles. The molecular formula is C20H26FN5O2. The number of hydrogen-bond acceptors (Lipinski definition) is 5. The molecule has 2 aromatic rings. The van der Waals surface area contributed by atoms with Gasteiger partial charge in [-0.25, -0.2) is 19.2 Å². The quantitative estimate of drug-likeness (QED) is 0.854. The zero-order valence-electron chi connectivity index (χ0n) is 16.5. The molecule has 1 aliphatic heterocycles. The van der Waals surface area contributed by atoms with Crippen LogP contribution >= 0.6 is 0 Å². The summed E-state index contributed by atoms with van der Waals surface area (Å²) in [4.78, 5) is 24.8. The Morgan fingerprint density at radius 1 is 1.25 bits per heavy atom. The maximum Gasteiger partial charge on any atom is 0.317 e. The van der Waals surface area contributed by atoms with Gasteiger partial charge in [0, 0.05) is 43.9 Å². The van der Waals surface area contributed by atoms with Crippen molar-refractivity contribution in [3.05, 3.63) is 36.4 Å². The summed E-state index contributed by atoms with van der Waals surface area (Å²) in [6.45, 7) is 6.62. The summed E-state index contributed by atoms with van der Waals surface area (Å²) in [6.07, 6.45) is 2.37. The molecule has 2 amide bonds. The third-order valence-electron chi connectivity index (χ3n) is 4.96. The van der Waals surface area contributed by atoms with Crippen LogP contribution < -0.4 is 15.0 Å². The zero-order chi connectivity index (χ0) is 20.1. The molecule has 150 valence electrons. The standard InChI is InChI=1S/C20H26FN5O2/c1-4-14(2)24-20(27)26-9-7-25(8-10-26)19-12-17(22-13-23-19)16-11-15(21)5-6-18(16)28-3/h5-6,11-14H,4,7-10H2,1-3H3,(H,24,27)/t14-/m1/s1. The average Bonchev–Trinajstić information content (AvgIpc) is 2.73. The summed E-state index contributed by atoms with van der Waals surface area (Å²) in [5.41, 5.74) is 1.18. The van der Waals surface area contributed by atoms with Gasteiger partial charge in [0.15, 0.2) is 0 Å². The molecule has 0 bridgehead atoms. The van der Waals surface area contributed by atoms with Crippen molar-refractivity contribution in [3.8, 4) is 17.0 Å². The first-order valence-electron chi connectivity index (χ1n) is 9.48. The largest absolute Gasteiger partial charge is 0.496 e. The van der Waals surface area contributed by atoms with Gasteiger partial charge in [-0.1, -0.05) is 6.92 Å². The van der Waals surface area contributed by atoms with Crippen LogP contribution in [-0.4, -0.2) is 60.2 Å². The molecule has 1 aromatic heterocycles. The highest BCUT2D eigenvalue weighted by atomic mass is 19.1. The van der Waals surface area contributed by atoms with E-state index in [1.165, 1.54) is 18.5 Å². The van der Waals surface area contributed by atoms with Gasteiger partial charge in [0.1, 0.15) is 23.7 Å². The second kappa shape index (κ2) is 8.86. The van der Waals surface area contributed by atoms with Gasteiger partial charge >= 0.3 is 6.03 Å². The predicted molar refractivity (Wildman–Crippen MR) is 106 cm³/mol. The summed E-state index contributed by atoms with van der Waals surface area (Å²) < 4.78 is 19.0. The van der Waals surface area contributed by atoms with Crippen LogP contribution in [0.3, 0.4) is 0 Å². The van der Waals surface area contributed by atoms with Crippen LogP contribution in [0.4, 0.5) is 15.0 Å². The fraction of sp³-hybridized carbons (Fsp3) is 0.450. The van der Waals surface area contributed by atoms with E-state index in [9.17, 15) is 9.18 Å². The van der Waals surface area contributed by atoms with Crippen LogP contribution in [0.25, 0.3) is 11.3 Å². The number of methoxy groups -OCH3 is 1. The Morgan fingerprint density at radius 2 is 2.00 bits per heavy atom. The number of amides is 2. The van der Waals surface area contributed by atoms with Gasteiger partial charge < -0.3 is 19.9 Å². The van der Waals surface area contributed by atoms with Crippen LogP contribution in [0.15, 0.2) is 30.6 Å². The Kier molecular flexibility index (Phi) is 6.28. The van der Waals surface area contributed by atoms with Crippen LogP contribution in [-0.2, 0) is 0 Å². The normalized spacial score (nSPS) is 15.3. The summed E-state index contributed by atoms with van der Waals surface area (Å²) in [6, 6.07) is 6.31. The number of halogens is 1. The first-order chi connectivity index (χ1) is 13.5. The van der Waals surface area contributed by atoms with Crippen LogP contribution in [0.2, 0.25) is 0 Å². The molecule has 0 spiro atoms. The van der Waals surface area contributed by atoms with Crippen molar-refractivity contribution < 1.29 is 13.9 Å². The average molecular weight is 387 g/mol. The predicted octanol–water partition coefficient (Wildman–Crippen LogP) is 2.92.